The van der Waals surface area contributed by atoms with E-state index in [0.717, 1.165) is 12.1 Å². The highest BCUT2D eigenvalue weighted by Crippen LogP contribution is 2.28. The van der Waals surface area contributed by atoms with Gasteiger partial charge < -0.3 is 10.1 Å². The summed E-state index contributed by atoms with van der Waals surface area (Å²) in [6.07, 6.45) is -4.28. The quantitative estimate of drug-likeness (QED) is 0.544. The van der Waals surface area contributed by atoms with Crippen molar-refractivity contribution in [2.24, 2.45) is 0 Å². The first kappa shape index (κ1) is 25.8. The third-order valence-electron chi connectivity index (χ3n) is 6.31. The number of fused-ring (bicyclic) bond motifs is 1. The average Bonchev–Trinajstić information content (AvgIpc) is 3.06. The number of sulfone groups is 1. The van der Waals surface area contributed by atoms with Gasteiger partial charge in [-0.3, -0.25) is 13.9 Å². The molecular weight excluding hydrogens is 499 g/mol. The summed E-state index contributed by atoms with van der Waals surface area (Å²) in [5.41, 5.74) is 0.133. The first-order valence-electron chi connectivity index (χ1n) is 11.3. The Balaban J connectivity index is 1.74. The van der Waals surface area contributed by atoms with Crippen molar-refractivity contribution < 1.29 is 31.1 Å². The normalized spacial score (nSPS) is 17.3. The van der Waals surface area contributed by atoms with Gasteiger partial charge in [0.1, 0.15) is 15.6 Å². The second-order valence-electron chi connectivity index (χ2n) is 9.50. The second-order valence-corrected chi connectivity index (χ2v) is 11.8. The lowest BCUT2D eigenvalue weighted by molar-refractivity contribution is -0.274. The average molecular weight is 526 g/mol. The number of hydrogen-bond acceptors (Lipinski definition) is 5. The van der Waals surface area contributed by atoms with Crippen LogP contribution in [0.3, 0.4) is 0 Å². The van der Waals surface area contributed by atoms with Gasteiger partial charge in [-0.25, -0.2) is 13.2 Å². The SMILES string of the molecule is CC(C)n1c(=O)n(-c2cccc(OC(F)(F)F)c2)c2ccc(C(=O)NC3(C)CCS(=O)(=O)CC3)cc21. The van der Waals surface area contributed by atoms with Crippen LogP contribution in [0.4, 0.5) is 13.2 Å². The first-order chi connectivity index (χ1) is 16.7. The van der Waals surface area contributed by atoms with Crippen molar-refractivity contribution in [3.63, 3.8) is 0 Å². The molecule has 2 aromatic carbocycles. The molecule has 1 saturated heterocycles. The number of aromatic nitrogens is 2. The van der Waals surface area contributed by atoms with E-state index in [2.05, 4.69) is 10.1 Å². The highest BCUT2D eigenvalue weighted by atomic mass is 32.2. The minimum atomic E-state index is -4.88. The Labute approximate surface area is 205 Å². The monoisotopic (exact) mass is 525 g/mol. The molecule has 1 aliphatic rings. The van der Waals surface area contributed by atoms with Crippen LogP contribution in [0.1, 0.15) is 50.0 Å². The van der Waals surface area contributed by atoms with Gasteiger partial charge in [0.2, 0.25) is 0 Å². The van der Waals surface area contributed by atoms with E-state index in [1.54, 1.807) is 32.9 Å². The molecule has 0 unspecified atom stereocenters. The van der Waals surface area contributed by atoms with Crippen LogP contribution in [0.25, 0.3) is 16.7 Å². The largest absolute Gasteiger partial charge is 0.573 e. The van der Waals surface area contributed by atoms with Gasteiger partial charge in [-0.2, -0.15) is 0 Å². The summed E-state index contributed by atoms with van der Waals surface area (Å²) in [5.74, 6) is -0.878. The number of hydrogen-bond donors (Lipinski definition) is 1. The number of ether oxygens (including phenoxy) is 1. The molecule has 4 rings (SSSR count). The molecule has 0 bridgehead atoms. The van der Waals surface area contributed by atoms with E-state index >= 15 is 0 Å². The topological polar surface area (TPSA) is 99.4 Å². The second kappa shape index (κ2) is 8.99. The van der Waals surface area contributed by atoms with E-state index in [0.29, 0.717) is 23.9 Å². The molecule has 1 N–H and O–H groups in total. The van der Waals surface area contributed by atoms with Crippen molar-refractivity contribution in [1.29, 1.82) is 0 Å². The van der Waals surface area contributed by atoms with E-state index in [1.165, 1.54) is 27.3 Å². The van der Waals surface area contributed by atoms with Crippen molar-refractivity contribution in [1.82, 2.24) is 14.5 Å². The van der Waals surface area contributed by atoms with Gasteiger partial charge >= 0.3 is 12.1 Å². The predicted molar refractivity (Wildman–Crippen MR) is 128 cm³/mol. The molecule has 2 heterocycles. The van der Waals surface area contributed by atoms with Crippen LogP contribution in [0.5, 0.6) is 5.75 Å². The lowest BCUT2D eigenvalue weighted by Gasteiger charge is -2.34. The summed E-state index contributed by atoms with van der Waals surface area (Å²) in [6, 6.07) is 9.45. The Morgan fingerprint density at radius 2 is 1.75 bits per heavy atom. The Bertz CT molecular complexity index is 1470. The zero-order valence-corrected chi connectivity index (χ0v) is 20.7. The van der Waals surface area contributed by atoms with Crippen LogP contribution >= 0.6 is 0 Å². The maximum absolute atomic E-state index is 13.3. The lowest BCUT2D eigenvalue weighted by atomic mass is 9.94. The number of nitrogens with zero attached hydrogens (tertiary/aromatic N) is 2. The van der Waals surface area contributed by atoms with Crippen molar-refractivity contribution >= 4 is 26.8 Å². The van der Waals surface area contributed by atoms with Gasteiger partial charge in [0.15, 0.2) is 0 Å². The number of imidazole rings is 1. The highest BCUT2D eigenvalue weighted by molar-refractivity contribution is 7.91. The molecule has 1 amide bonds. The Hall–Kier alpha value is -3.28. The maximum Gasteiger partial charge on any atom is 0.573 e. The molecule has 36 heavy (non-hydrogen) atoms. The molecule has 1 aromatic heterocycles. The highest BCUT2D eigenvalue weighted by Gasteiger charge is 2.35. The number of nitrogens with one attached hydrogen (secondary N) is 1. The molecule has 12 heteroatoms. The zero-order chi connectivity index (χ0) is 26.5. The van der Waals surface area contributed by atoms with E-state index in [9.17, 15) is 31.2 Å². The van der Waals surface area contributed by atoms with Gasteiger partial charge in [-0.05, 0) is 63.9 Å². The smallest absolute Gasteiger partial charge is 0.406 e. The molecule has 1 fully saturated rings. The van der Waals surface area contributed by atoms with Crippen LogP contribution in [0.15, 0.2) is 47.3 Å². The van der Waals surface area contributed by atoms with E-state index in [4.69, 9.17) is 0 Å². The Morgan fingerprint density at radius 1 is 1.08 bits per heavy atom. The number of halogens is 3. The van der Waals surface area contributed by atoms with Crippen molar-refractivity contribution in [2.45, 2.75) is 51.6 Å². The number of alkyl halides is 3. The number of amides is 1. The van der Waals surface area contributed by atoms with Crippen LogP contribution in [-0.2, 0) is 9.84 Å². The fourth-order valence-electron chi connectivity index (χ4n) is 4.39. The molecule has 3 aromatic rings. The van der Waals surface area contributed by atoms with E-state index in [-0.39, 0.29) is 28.8 Å². The third kappa shape index (κ3) is 5.28. The summed E-state index contributed by atoms with van der Waals surface area (Å²) in [6.45, 7) is 5.36. The van der Waals surface area contributed by atoms with E-state index in [1.807, 2.05) is 0 Å². The molecule has 8 nitrogen and oxygen atoms in total. The minimum Gasteiger partial charge on any atom is -0.406 e. The zero-order valence-electron chi connectivity index (χ0n) is 19.9. The van der Waals surface area contributed by atoms with Gasteiger partial charge in [-0.1, -0.05) is 6.07 Å². The Kier molecular flexibility index (Phi) is 6.44. The van der Waals surface area contributed by atoms with E-state index < -0.39 is 39.1 Å². The number of rotatable bonds is 5. The standard InChI is InChI=1S/C24H26F3N3O5S/c1-15(2)29-20-13-16(21(31)28-23(3)9-11-36(33,34)12-10-23)7-8-19(20)30(22(29)32)17-5-4-6-18(14-17)35-24(25,26)27/h4-8,13-15H,9-12H2,1-3H3,(H,28,31). The predicted octanol–water partition coefficient (Wildman–Crippen LogP) is 3.97. The molecular formula is C24H26F3N3O5S. The van der Waals surface area contributed by atoms with Crippen molar-refractivity contribution in [3.8, 4) is 11.4 Å². The number of benzene rings is 2. The van der Waals surface area contributed by atoms with Crippen LogP contribution in [0.2, 0.25) is 0 Å². The third-order valence-corrected chi connectivity index (χ3v) is 7.96. The molecule has 1 aliphatic heterocycles. The molecule has 0 spiro atoms. The minimum absolute atomic E-state index is 0.00429. The molecule has 0 aliphatic carbocycles. The Morgan fingerprint density at radius 3 is 2.36 bits per heavy atom. The summed E-state index contributed by atoms with van der Waals surface area (Å²) in [7, 11) is -3.10. The van der Waals surface area contributed by atoms with Crippen molar-refractivity contribution in [2.75, 3.05) is 11.5 Å². The van der Waals surface area contributed by atoms with Crippen molar-refractivity contribution in [3.05, 3.63) is 58.5 Å². The fourth-order valence-corrected chi connectivity index (χ4v) is 6.12. The molecule has 0 radical (unpaired) electrons. The maximum atomic E-state index is 13.3. The van der Waals surface area contributed by atoms with Crippen LogP contribution in [-0.4, -0.2) is 46.9 Å². The van der Waals surface area contributed by atoms with Gasteiger partial charge in [0.25, 0.3) is 5.91 Å². The van der Waals surface area contributed by atoms with Gasteiger partial charge in [0, 0.05) is 23.2 Å². The summed E-state index contributed by atoms with van der Waals surface area (Å²) in [5, 5.41) is 2.92. The summed E-state index contributed by atoms with van der Waals surface area (Å²) >= 11 is 0. The van der Waals surface area contributed by atoms with Gasteiger partial charge in [-0.15, -0.1) is 13.2 Å². The summed E-state index contributed by atoms with van der Waals surface area (Å²) in [4.78, 5) is 26.4. The number of carbonyl (C=O) groups is 1. The van der Waals surface area contributed by atoms with Crippen LogP contribution < -0.4 is 15.7 Å². The first-order valence-corrected chi connectivity index (χ1v) is 13.2. The van der Waals surface area contributed by atoms with Crippen LogP contribution in [0, 0.1) is 0 Å². The fraction of sp³-hybridized carbons (Fsp3) is 0.417. The van der Waals surface area contributed by atoms with Gasteiger partial charge in [0.05, 0.1) is 28.2 Å². The summed E-state index contributed by atoms with van der Waals surface area (Å²) < 4.78 is 68.4. The number of carbonyl (C=O) groups excluding carboxylic acids is 1. The molecule has 0 atom stereocenters. The molecule has 194 valence electrons. The lowest BCUT2D eigenvalue weighted by Crippen LogP contribution is -2.50. The molecule has 0 saturated carbocycles.